The van der Waals surface area contributed by atoms with Gasteiger partial charge in [-0.15, -0.1) is 6.58 Å². The summed E-state index contributed by atoms with van der Waals surface area (Å²) in [4.78, 5) is 16.8. The second-order valence-electron chi connectivity index (χ2n) is 5.85. The largest absolute Gasteiger partial charge is 0.377 e. The lowest BCUT2D eigenvalue weighted by Crippen LogP contribution is -2.59. The molecule has 120 valence electrons. The lowest BCUT2D eigenvalue weighted by atomic mass is 10.0. The van der Waals surface area contributed by atoms with E-state index >= 15 is 0 Å². The molecule has 2 aliphatic rings. The summed E-state index contributed by atoms with van der Waals surface area (Å²) in [5, 5.41) is 3.84. The Kier molecular flexibility index (Phi) is 4.93. The van der Waals surface area contributed by atoms with Crippen molar-refractivity contribution < 1.29 is 14.3 Å². The summed E-state index contributed by atoms with van der Waals surface area (Å²) in [6.45, 7) is 9.26. The second kappa shape index (κ2) is 6.91. The van der Waals surface area contributed by atoms with Gasteiger partial charge in [-0.25, -0.2) is 0 Å². The van der Waals surface area contributed by atoms with Crippen LogP contribution in [0.5, 0.6) is 0 Å². The molecule has 5 nitrogen and oxygen atoms in total. The predicted octanol–water partition coefficient (Wildman–Crippen LogP) is 1.48. The molecule has 6 heteroatoms. The molecule has 0 saturated carbocycles. The zero-order valence-corrected chi connectivity index (χ0v) is 13.5. The SMILES string of the molecule is C=CCN1CCOC[C@@]2(C1)CN(C(=O)c1ccsc1)CCO2. The summed E-state index contributed by atoms with van der Waals surface area (Å²) in [5.74, 6) is 0.0865. The highest BCUT2D eigenvalue weighted by Gasteiger charge is 2.41. The first-order chi connectivity index (χ1) is 10.7. The summed E-state index contributed by atoms with van der Waals surface area (Å²) in [6, 6.07) is 1.88. The quantitative estimate of drug-likeness (QED) is 0.791. The third-order valence-electron chi connectivity index (χ3n) is 4.12. The van der Waals surface area contributed by atoms with Crippen molar-refractivity contribution in [1.82, 2.24) is 9.80 Å². The summed E-state index contributed by atoms with van der Waals surface area (Å²) >= 11 is 1.55. The van der Waals surface area contributed by atoms with E-state index in [1.54, 1.807) is 11.3 Å². The molecule has 0 aliphatic carbocycles. The molecule has 0 N–H and O–H groups in total. The van der Waals surface area contributed by atoms with Crippen LogP contribution in [0.15, 0.2) is 29.5 Å². The smallest absolute Gasteiger partial charge is 0.254 e. The van der Waals surface area contributed by atoms with Crippen LogP contribution in [0.2, 0.25) is 0 Å². The zero-order valence-electron chi connectivity index (χ0n) is 12.7. The Morgan fingerprint density at radius 1 is 1.41 bits per heavy atom. The fourth-order valence-electron chi connectivity index (χ4n) is 3.09. The van der Waals surface area contributed by atoms with Gasteiger partial charge in [-0.1, -0.05) is 6.08 Å². The van der Waals surface area contributed by atoms with E-state index in [-0.39, 0.29) is 5.91 Å². The zero-order chi connectivity index (χ0) is 15.4. The van der Waals surface area contributed by atoms with E-state index in [9.17, 15) is 4.79 Å². The van der Waals surface area contributed by atoms with E-state index in [0.29, 0.717) is 32.9 Å². The van der Waals surface area contributed by atoms with Gasteiger partial charge in [0.05, 0.1) is 31.9 Å². The molecular formula is C16H22N2O3S. The number of carbonyl (C=O) groups excluding carboxylic acids is 1. The van der Waals surface area contributed by atoms with Gasteiger partial charge in [-0.05, 0) is 11.4 Å². The van der Waals surface area contributed by atoms with Gasteiger partial charge in [0.2, 0.25) is 0 Å². The molecule has 0 aromatic carbocycles. The number of nitrogens with zero attached hydrogens (tertiary/aromatic N) is 2. The normalized spacial score (nSPS) is 26.8. The van der Waals surface area contributed by atoms with E-state index < -0.39 is 5.60 Å². The van der Waals surface area contributed by atoms with Gasteiger partial charge in [0, 0.05) is 31.6 Å². The average Bonchev–Trinajstić information content (AvgIpc) is 2.99. The Labute approximate surface area is 135 Å². The first kappa shape index (κ1) is 15.7. The average molecular weight is 322 g/mol. The van der Waals surface area contributed by atoms with Crippen molar-refractivity contribution in [3.8, 4) is 0 Å². The summed E-state index contributed by atoms with van der Waals surface area (Å²) in [5.41, 5.74) is 0.336. The van der Waals surface area contributed by atoms with Crippen molar-refractivity contribution in [1.29, 1.82) is 0 Å². The summed E-state index contributed by atoms with van der Waals surface area (Å²) in [7, 11) is 0. The van der Waals surface area contributed by atoms with Crippen LogP contribution in [0.3, 0.4) is 0 Å². The second-order valence-corrected chi connectivity index (χ2v) is 6.63. The molecule has 2 saturated heterocycles. The Bertz CT molecular complexity index is 519. The number of ether oxygens (including phenoxy) is 2. The molecule has 0 radical (unpaired) electrons. The molecule has 1 atom stereocenters. The molecule has 2 aliphatic heterocycles. The fourth-order valence-corrected chi connectivity index (χ4v) is 3.72. The van der Waals surface area contributed by atoms with Crippen LogP contribution < -0.4 is 0 Å². The van der Waals surface area contributed by atoms with Crippen LogP contribution >= 0.6 is 11.3 Å². The van der Waals surface area contributed by atoms with Gasteiger partial charge in [-0.3, -0.25) is 9.69 Å². The first-order valence-electron chi connectivity index (χ1n) is 7.59. The third-order valence-corrected chi connectivity index (χ3v) is 4.80. The minimum absolute atomic E-state index is 0.0865. The summed E-state index contributed by atoms with van der Waals surface area (Å²) in [6.07, 6.45) is 1.90. The van der Waals surface area contributed by atoms with Crippen LogP contribution in [0.4, 0.5) is 0 Å². The molecule has 1 aromatic heterocycles. The number of morpholine rings is 1. The maximum Gasteiger partial charge on any atom is 0.254 e. The first-order valence-corrected chi connectivity index (χ1v) is 8.53. The molecule has 2 fully saturated rings. The Hall–Kier alpha value is -1.21. The van der Waals surface area contributed by atoms with Crippen LogP contribution in [-0.2, 0) is 9.47 Å². The number of thiophene rings is 1. The van der Waals surface area contributed by atoms with Crippen LogP contribution in [0.25, 0.3) is 0 Å². The Balaban J connectivity index is 1.72. The highest BCUT2D eigenvalue weighted by molar-refractivity contribution is 7.08. The van der Waals surface area contributed by atoms with E-state index in [4.69, 9.17) is 9.47 Å². The fraction of sp³-hybridized carbons (Fsp3) is 0.562. The standard InChI is InChI=1S/C16H22N2O3S/c1-2-4-17-5-7-20-13-16(11-17)12-18(6-8-21-16)15(19)14-3-9-22-10-14/h2-3,9-10H,1,4-8,11-13H2/t16-/m1/s1. The van der Waals surface area contributed by atoms with Gasteiger partial charge < -0.3 is 14.4 Å². The maximum absolute atomic E-state index is 12.6. The molecule has 1 spiro atoms. The number of amides is 1. The Morgan fingerprint density at radius 3 is 3.09 bits per heavy atom. The van der Waals surface area contributed by atoms with E-state index in [1.165, 1.54) is 0 Å². The van der Waals surface area contributed by atoms with Gasteiger partial charge in [-0.2, -0.15) is 11.3 Å². The van der Waals surface area contributed by atoms with E-state index in [2.05, 4.69) is 11.5 Å². The number of hydrogen-bond donors (Lipinski definition) is 0. The molecule has 3 heterocycles. The van der Waals surface area contributed by atoms with E-state index in [1.807, 2.05) is 27.8 Å². The molecule has 1 amide bonds. The van der Waals surface area contributed by atoms with E-state index in [0.717, 1.165) is 25.2 Å². The molecule has 0 bridgehead atoms. The minimum Gasteiger partial charge on any atom is -0.377 e. The minimum atomic E-state index is -0.427. The number of rotatable bonds is 3. The van der Waals surface area contributed by atoms with Crippen molar-refractivity contribution >= 4 is 17.2 Å². The highest BCUT2D eigenvalue weighted by Crippen LogP contribution is 2.24. The monoisotopic (exact) mass is 322 g/mol. The maximum atomic E-state index is 12.6. The molecule has 22 heavy (non-hydrogen) atoms. The van der Waals surface area contributed by atoms with Crippen LogP contribution in [0.1, 0.15) is 10.4 Å². The van der Waals surface area contributed by atoms with Crippen molar-refractivity contribution in [3.63, 3.8) is 0 Å². The molecular weight excluding hydrogens is 300 g/mol. The van der Waals surface area contributed by atoms with Gasteiger partial charge in [0.25, 0.3) is 5.91 Å². The van der Waals surface area contributed by atoms with Gasteiger partial charge in [0.1, 0.15) is 5.60 Å². The lowest BCUT2D eigenvalue weighted by Gasteiger charge is -2.43. The highest BCUT2D eigenvalue weighted by atomic mass is 32.1. The van der Waals surface area contributed by atoms with Crippen LogP contribution in [-0.4, -0.2) is 73.9 Å². The Morgan fingerprint density at radius 2 is 2.32 bits per heavy atom. The van der Waals surface area contributed by atoms with Crippen molar-refractivity contribution in [2.75, 3.05) is 52.5 Å². The number of hydrogen-bond acceptors (Lipinski definition) is 5. The summed E-state index contributed by atoms with van der Waals surface area (Å²) < 4.78 is 11.8. The predicted molar refractivity (Wildman–Crippen MR) is 86.4 cm³/mol. The third kappa shape index (κ3) is 3.41. The molecule has 0 unspecified atom stereocenters. The molecule has 1 aromatic rings. The van der Waals surface area contributed by atoms with Crippen molar-refractivity contribution in [3.05, 3.63) is 35.0 Å². The van der Waals surface area contributed by atoms with Crippen molar-refractivity contribution in [2.45, 2.75) is 5.60 Å². The topological polar surface area (TPSA) is 42.0 Å². The van der Waals surface area contributed by atoms with Gasteiger partial charge >= 0.3 is 0 Å². The lowest BCUT2D eigenvalue weighted by molar-refractivity contribution is -0.132. The van der Waals surface area contributed by atoms with Gasteiger partial charge in [0.15, 0.2) is 0 Å². The van der Waals surface area contributed by atoms with Crippen LogP contribution in [0, 0.1) is 0 Å². The number of carbonyl (C=O) groups is 1. The van der Waals surface area contributed by atoms with Crippen molar-refractivity contribution in [2.24, 2.45) is 0 Å². The molecule has 3 rings (SSSR count).